The first-order valence-electron chi connectivity index (χ1n) is 8.79. The van der Waals surface area contributed by atoms with E-state index in [0.29, 0.717) is 12.1 Å². The van der Waals surface area contributed by atoms with Crippen LogP contribution in [0.15, 0.2) is 40.8 Å². The number of carbonyl (C=O) groups is 2. The van der Waals surface area contributed by atoms with E-state index in [9.17, 15) is 9.59 Å². The molecule has 0 aliphatic rings. The maximum atomic E-state index is 12.5. The van der Waals surface area contributed by atoms with E-state index in [1.54, 1.807) is 31.0 Å². The number of carbonyl (C=O) groups excluding carboxylic acids is 2. The molecule has 1 aromatic heterocycles. The molecule has 0 fully saturated rings. The number of nitrogens with one attached hydrogen (secondary N) is 1. The fraction of sp³-hybridized carbons (Fsp3) is 0.429. The third-order valence-electron chi connectivity index (χ3n) is 4.30. The molecule has 2 aromatic rings. The Morgan fingerprint density at radius 3 is 2.23 bits per heavy atom. The highest BCUT2D eigenvalue weighted by Gasteiger charge is 2.21. The van der Waals surface area contributed by atoms with E-state index in [2.05, 4.69) is 26.1 Å². The second-order valence-electron chi connectivity index (χ2n) is 7.73. The second kappa shape index (κ2) is 7.77. The minimum atomic E-state index is -0.620. The molecule has 0 radical (unpaired) electrons. The molecular formula is C21H28N2O3. The van der Waals surface area contributed by atoms with Gasteiger partial charge in [-0.05, 0) is 49.1 Å². The molecule has 26 heavy (non-hydrogen) atoms. The van der Waals surface area contributed by atoms with Gasteiger partial charge in [0.1, 0.15) is 17.6 Å². The summed E-state index contributed by atoms with van der Waals surface area (Å²) in [5.41, 5.74) is 1.74. The van der Waals surface area contributed by atoms with Gasteiger partial charge in [0.05, 0.1) is 6.54 Å². The van der Waals surface area contributed by atoms with Crippen molar-refractivity contribution in [2.24, 2.45) is 0 Å². The Balaban J connectivity index is 1.96. The molecule has 0 aliphatic carbocycles. The molecule has 0 spiro atoms. The summed E-state index contributed by atoms with van der Waals surface area (Å²) >= 11 is 0. The van der Waals surface area contributed by atoms with Gasteiger partial charge in [-0.15, -0.1) is 0 Å². The van der Waals surface area contributed by atoms with Crippen LogP contribution >= 0.6 is 0 Å². The molecule has 1 atom stereocenters. The highest BCUT2D eigenvalue weighted by atomic mass is 16.3. The number of hydrogen-bond donors (Lipinski definition) is 1. The van der Waals surface area contributed by atoms with Crippen LogP contribution in [0.5, 0.6) is 0 Å². The molecule has 5 heteroatoms. The second-order valence-corrected chi connectivity index (χ2v) is 7.73. The van der Waals surface area contributed by atoms with Crippen molar-refractivity contribution in [3.05, 3.63) is 59.0 Å². The third kappa shape index (κ3) is 4.97. The van der Waals surface area contributed by atoms with Crippen LogP contribution in [0, 0.1) is 6.92 Å². The van der Waals surface area contributed by atoms with Gasteiger partial charge in [-0.1, -0.05) is 32.9 Å². The van der Waals surface area contributed by atoms with Gasteiger partial charge >= 0.3 is 0 Å². The number of furan rings is 1. The van der Waals surface area contributed by atoms with Crippen molar-refractivity contribution in [1.29, 1.82) is 0 Å². The van der Waals surface area contributed by atoms with Crippen molar-refractivity contribution in [3.8, 4) is 0 Å². The molecule has 1 aromatic carbocycles. The van der Waals surface area contributed by atoms with Crippen molar-refractivity contribution in [1.82, 2.24) is 10.2 Å². The van der Waals surface area contributed by atoms with Gasteiger partial charge in [0.2, 0.25) is 5.91 Å². The van der Waals surface area contributed by atoms with Gasteiger partial charge in [-0.25, -0.2) is 0 Å². The van der Waals surface area contributed by atoms with Crippen LogP contribution in [-0.2, 0) is 16.8 Å². The predicted octanol–water partition coefficient (Wildman–Crippen LogP) is 3.66. The third-order valence-corrected chi connectivity index (χ3v) is 4.30. The van der Waals surface area contributed by atoms with Crippen molar-refractivity contribution in [2.75, 3.05) is 7.05 Å². The molecule has 140 valence electrons. The lowest BCUT2D eigenvalue weighted by Gasteiger charge is -2.22. The monoisotopic (exact) mass is 356 g/mol. The fourth-order valence-electron chi connectivity index (χ4n) is 2.68. The van der Waals surface area contributed by atoms with Crippen molar-refractivity contribution in [2.45, 2.75) is 52.6 Å². The zero-order valence-electron chi connectivity index (χ0n) is 16.4. The van der Waals surface area contributed by atoms with E-state index in [-0.39, 0.29) is 17.2 Å². The summed E-state index contributed by atoms with van der Waals surface area (Å²) in [4.78, 5) is 26.4. The molecule has 5 nitrogen and oxygen atoms in total. The fourth-order valence-corrected chi connectivity index (χ4v) is 2.68. The van der Waals surface area contributed by atoms with E-state index in [4.69, 9.17) is 4.42 Å². The Morgan fingerprint density at radius 1 is 1.12 bits per heavy atom. The van der Waals surface area contributed by atoms with Crippen LogP contribution in [-0.4, -0.2) is 29.8 Å². The minimum Gasteiger partial charge on any atom is -0.464 e. The highest BCUT2D eigenvalue weighted by Crippen LogP contribution is 2.22. The highest BCUT2D eigenvalue weighted by molar-refractivity contribution is 5.97. The average Bonchev–Trinajstić information content (AvgIpc) is 2.98. The molecule has 0 bridgehead atoms. The molecule has 2 rings (SSSR count). The van der Waals surface area contributed by atoms with Gasteiger partial charge in [-0.3, -0.25) is 9.59 Å². The maximum absolute atomic E-state index is 12.5. The Labute approximate surface area is 155 Å². The topological polar surface area (TPSA) is 62.6 Å². The first-order chi connectivity index (χ1) is 12.1. The zero-order valence-corrected chi connectivity index (χ0v) is 16.4. The quantitative estimate of drug-likeness (QED) is 0.889. The van der Waals surface area contributed by atoms with Crippen LogP contribution < -0.4 is 5.32 Å². The standard InChI is InChI=1S/C21H28N2O3/c1-14-7-12-18(26-14)13-23(6)20(25)15(2)22-19(24)16-8-10-17(11-9-16)21(3,4)5/h7-12,15H,13H2,1-6H3,(H,22,24). The molecule has 0 saturated carbocycles. The summed E-state index contributed by atoms with van der Waals surface area (Å²) < 4.78 is 5.49. The van der Waals surface area contributed by atoms with Crippen LogP contribution in [0.2, 0.25) is 0 Å². The van der Waals surface area contributed by atoms with E-state index >= 15 is 0 Å². The molecule has 1 heterocycles. The normalized spacial score (nSPS) is 12.5. The Hall–Kier alpha value is -2.56. The summed E-state index contributed by atoms with van der Waals surface area (Å²) in [6.07, 6.45) is 0. The minimum absolute atomic E-state index is 0.0329. The van der Waals surface area contributed by atoms with Gasteiger partial charge < -0.3 is 14.6 Å². The van der Waals surface area contributed by atoms with Crippen LogP contribution in [0.4, 0.5) is 0 Å². The number of aryl methyl sites for hydroxylation is 1. The van der Waals surface area contributed by atoms with E-state index in [1.807, 2.05) is 31.2 Å². The number of amides is 2. The number of hydrogen-bond acceptors (Lipinski definition) is 3. The smallest absolute Gasteiger partial charge is 0.251 e. The van der Waals surface area contributed by atoms with E-state index in [0.717, 1.165) is 17.1 Å². The summed E-state index contributed by atoms with van der Waals surface area (Å²) in [5.74, 6) is 1.10. The average molecular weight is 356 g/mol. The largest absolute Gasteiger partial charge is 0.464 e. The van der Waals surface area contributed by atoms with Gasteiger partial charge in [0.15, 0.2) is 0 Å². The molecule has 0 aliphatic heterocycles. The summed E-state index contributed by atoms with van der Waals surface area (Å²) in [7, 11) is 1.70. The molecule has 0 saturated heterocycles. The number of benzene rings is 1. The lowest BCUT2D eigenvalue weighted by molar-refractivity contribution is -0.132. The summed E-state index contributed by atoms with van der Waals surface area (Å²) in [6, 6.07) is 10.6. The Bertz CT molecular complexity index is 769. The molecule has 1 N–H and O–H groups in total. The summed E-state index contributed by atoms with van der Waals surface area (Å²) in [6.45, 7) is 10.3. The summed E-state index contributed by atoms with van der Waals surface area (Å²) in [5, 5.41) is 2.77. The van der Waals surface area contributed by atoms with E-state index < -0.39 is 6.04 Å². The predicted molar refractivity (Wildman–Crippen MR) is 102 cm³/mol. The zero-order chi connectivity index (χ0) is 19.5. The molecule has 1 unspecified atom stereocenters. The number of rotatable bonds is 5. The van der Waals surface area contributed by atoms with Gasteiger partial charge in [0, 0.05) is 12.6 Å². The lowest BCUT2D eigenvalue weighted by Crippen LogP contribution is -2.45. The first kappa shape index (κ1) is 19.8. The van der Waals surface area contributed by atoms with Crippen LogP contribution in [0.1, 0.15) is 55.1 Å². The lowest BCUT2D eigenvalue weighted by atomic mass is 9.86. The van der Waals surface area contributed by atoms with E-state index in [1.165, 1.54) is 0 Å². The maximum Gasteiger partial charge on any atom is 0.251 e. The van der Waals surface area contributed by atoms with Crippen molar-refractivity contribution < 1.29 is 14.0 Å². The van der Waals surface area contributed by atoms with Crippen LogP contribution in [0.3, 0.4) is 0 Å². The SMILES string of the molecule is Cc1ccc(CN(C)C(=O)C(C)NC(=O)c2ccc(C(C)(C)C)cc2)o1. The van der Waals surface area contributed by atoms with Crippen LogP contribution in [0.25, 0.3) is 0 Å². The van der Waals surface area contributed by atoms with Gasteiger partial charge in [0.25, 0.3) is 5.91 Å². The molecule has 2 amide bonds. The number of nitrogens with zero attached hydrogens (tertiary/aromatic N) is 1. The number of likely N-dealkylation sites (N-methyl/N-ethyl adjacent to an activating group) is 1. The first-order valence-corrected chi connectivity index (χ1v) is 8.79. The Kier molecular flexibility index (Phi) is 5.90. The Morgan fingerprint density at radius 2 is 1.73 bits per heavy atom. The van der Waals surface area contributed by atoms with Gasteiger partial charge in [-0.2, -0.15) is 0 Å². The van der Waals surface area contributed by atoms with Crippen molar-refractivity contribution in [3.63, 3.8) is 0 Å². The van der Waals surface area contributed by atoms with Crippen molar-refractivity contribution >= 4 is 11.8 Å². The molecular weight excluding hydrogens is 328 g/mol.